The van der Waals surface area contributed by atoms with Crippen molar-refractivity contribution in [3.63, 3.8) is 0 Å². The lowest BCUT2D eigenvalue weighted by Gasteiger charge is -2.12. The van der Waals surface area contributed by atoms with E-state index in [0.29, 0.717) is 25.5 Å². The van der Waals surface area contributed by atoms with Crippen molar-refractivity contribution in [1.29, 1.82) is 0 Å². The van der Waals surface area contributed by atoms with Crippen LogP contribution in [0.3, 0.4) is 0 Å². The first-order valence-corrected chi connectivity index (χ1v) is 7.65. The molecule has 3 heteroatoms. The Balaban J connectivity index is 2.08. The summed E-state index contributed by atoms with van der Waals surface area (Å²) in [5.74, 6) is 0.477. The number of aryl methyl sites for hydroxylation is 1. The van der Waals surface area contributed by atoms with Crippen molar-refractivity contribution < 1.29 is 9.53 Å². The van der Waals surface area contributed by atoms with Crippen molar-refractivity contribution in [2.45, 2.75) is 45.4 Å². The van der Waals surface area contributed by atoms with E-state index in [-0.39, 0.29) is 5.97 Å². The molecule has 0 saturated heterocycles. The molecule has 3 nitrogen and oxygen atoms in total. The number of carbonyl (C=O) groups is 1. The van der Waals surface area contributed by atoms with Crippen LogP contribution in [0, 0.1) is 5.92 Å². The van der Waals surface area contributed by atoms with Gasteiger partial charge in [-0.15, -0.1) is 0 Å². The van der Waals surface area contributed by atoms with E-state index in [4.69, 9.17) is 10.5 Å². The molecule has 1 unspecified atom stereocenters. The summed E-state index contributed by atoms with van der Waals surface area (Å²) in [5, 5.41) is 0. The van der Waals surface area contributed by atoms with Gasteiger partial charge in [0, 0.05) is 6.42 Å². The van der Waals surface area contributed by atoms with Gasteiger partial charge in [0.2, 0.25) is 0 Å². The van der Waals surface area contributed by atoms with E-state index in [2.05, 4.69) is 19.1 Å². The van der Waals surface area contributed by atoms with Crippen LogP contribution in [-0.4, -0.2) is 19.1 Å². The lowest BCUT2D eigenvalue weighted by atomic mass is 9.97. The average molecular weight is 277 g/mol. The quantitative estimate of drug-likeness (QED) is 0.527. The highest BCUT2D eigenvalue weighted by molar-refractivity contribution is 5.69. The molecule has 0 saturated carbocycles. The molecule has 0 aliphatic rings. The number of hydrogen-bond acceptors (Lipinski definition) is 3. The maximum absolute atomic E-state index is 11.6. The van der Waals surface area contributed by atoms with Crippen LogP contribution >= 0.6 is 0 Å². The number of esters is 1. The zero-order valence-corrected chi connectivity index (χ0v) is 12.5. The first-order chi connectivity index (χ1) is 9.76. The van der Waals surface area contributed by atoms with Gasteiger partial charge in [-0.05, 0) is 43.7 Å². The Bertz CT molecular complexity index is 365. The van der Waals surface area contributed by atoms with Crippen molar-refractivity contribution in [3.8, 4) is 0 Å². The lowest BCUT2D eigenvalue weighted by Crippen LogP contribution is -2.12. The Morgan fingerprint density at radius 1 is 1.25 bits per heavy atom. The molecule has 112 valence electrons. The first-order valence-electron chi connectivity index (χ1n) is 7.65. The molecule has 0 heterocycles. The molecule has 0 aliphatic heterocycles. The van der Waals surface area contributed by atoms with Gasteiger partial charge in [0.25, 0.3) is 0 Å². The van der Waals surface area contributed by atoms with E-state index in [0.717, 1.165) is 32.1 Å². The third-order valence-electron chi connectivity index (χ3n) is 3.62. The summed E-state index contributed by atoms with van der Waals surface area (Å²) < 4.78 is 5.27. The Kier molecular flexibility index (Phi) is 8.72. The molecule has 1 rings (SSSR count). The summed E-state index contributed by atoms with van der Waals surface area (Å²) in [7, 11) is 0. The predicted molar refractivity (Wildman–Crippen MR) is 82.4 cm³/mol. The number of rotatable bonds is 10. The van der Waals surface area contributed by atoms with E-state index < -0.39 is 0 Å². The second-order valence-electron chi connectivity index (χ2n) is 5.20. The maximum atomic E-state index is 11.6. The monoisotopic (exact) mass is 277 g/mol. The van der Waals surface area contributed by atoms with E-state index in [1.807, 2.05) is 18.2 Å². The van der Waals surface area contributed by atoms with Crippen LogP contribution in [0.15, 0.2) is 30.3 Å². The highest BCUT2D eigenvalue weighted by Crippen LogP contribution is 2.14. The predicted octanol–water partition coefficient (Wildman–Crippen LogP) is 3.32. The number of ether oxygens (including phenoxy) is 1. The molecule has 0 bridgehead atoms. The molecular formula is C17H27NO2. The Hall–Kier alpha value is -1.35. The van der Waals surface area contributed by atoms with Crippen molar-refractivity contribution in [1.82, 2.24) is 0 Å². The van der Waals surface area contributed by atoms with Crippen LogP contribution in [0.2, 0.25) is 0 Å². The van der Waals surface area contributed by atoms with Gasteiger partial charge >= 0.3 is 5.97 Å². The van der Waals surface area contributed by atoms with Crippen molar-refractivity contribution >= 4 is 5.97 Å². The third-order valence-corrected chi connectivity index (χ3v) is 3.62. The van der Waals surface area contributed by atoms with Gasteiger partial charge in [-0.25, -0.2) is 0 Å². The zero-order chi connectivity index (χ0) is 14.6. The molecule has 1 aromatic carbocycles. The summed E-state index contributed by atoms with van der Waals surface area (Å²) in [6.45, 7) is 3.36. The number of benzene rings is 1. The maximum Gasteiger partial charge on any atom is 0.305 e. The minimum Gasteiger partial charge on any atom is -0.466 e. The summed E-state index contributed by atoms with van der Waals surface area (Å²) in [4.78, 5) is 11.6. The molecular weight excluding hydrogens is 250 g/mol. The van der Waals surface area contributed by atoms with Gasteiger partial charge < -0.3 is 10.5 Å². The fourth-order valence-electron chi connectivity index (χ4n) is 2.29. The molecule has 0 radical (unpaired) electrons. The number of nitrogens with two attached hydrogens (primary N) is 1. The molecule has 2 N–H and O–H groups in total. The molecule has 0 spiro atoms. The molecule has 0 amide bonds. The third kappa shape index (κ3) is 7.29. The number of hydrogen-bond donors (Lipinski definition) is 1. The average Bonchev–Trinajstić information content (AvgIpc) is 2.49. The highest BCUT2D eigenvalue weighted by atomic mass is 16.5. The lowest BCUT2D eigenvalue weighted by molar-refractivity contribution is -0.144. The summed E-state index contributed by atoms with van der Waals surface area (Å²) in [5.41, 5.74) is 6.84. The Labute approximate surface area is 122 Å². The smallest absolute Gasteiger partial charge is 0.305 e. The molecule has 0 aromatic heterocycles. The van der Waals surface area contributed by atoms with Crippen LogP contribution in [0.4, 0.5) is 0 Å². The van der Waals surface area contributed by atoms with E-state index in [9.17, 15) is 4.79 Å². The zero-order valence-electron chi connectivity index (χ0n) is 12.5. The van der Waals surface area contributed by atoms with Gasteiger partial charge in [0.15, 0.2) is 0 Å². The van der Waals surface area contributed by atoms with Gasteiger partial charge in [-0.2, -0.15) is 0 Å². The van der Waals surface area contributed by atoms with Gasteiger partial charge in [0.05, 0.1) is 6.61 Å². The van der Waals surface area contributed by atoms with Gasteiger partial charge in [0.1, 0.15) is 0 Å². The van der Waals surface area contributed by atoms with Crippen LogP contribution in [-0.2, 0) is 16.0 Å². The van der Waals surface area contributed by atoms with Crippen molar-refractivity contribution in [3.05, 3.63) is 35.9 Å². The summed E-state index contributed by atoms with van der Waals surface area (Å²) in [6.07, 6.45) is 5.33. The summed E-state index contributed by atoms with van der Waals surface area (Å²) in [6, 6.07) is 10.3. The standard InChI is InChI=1S/C17H27NO2/c1-2-15(12-13-18)10-11-17(19)20-14-6-9-16-7-4-3-5-8-16/h3-5,7-8,15H,2,6,9-14,18H2,1H3. The van der Waals surface area contributed by atoms with Crippen LogP contribution in [0.1, 0.15) is 44.6 Å². The van der Waals surface area contributed by atoms with Crippen molar-refractivity contribution in [2.75, 3.05) is 13.2 Å². The fraction of sp³-hybridized carbons (Fsp3) is 0.588. The minimum atomic E-state index is -0.0754. The number of carbonyl (C=O) groups excluding carboxylic acids is 1. The fourth-order valence-corrected chi connectivity index (χ4v) is 2.29. The van der Waals surface area contributed by atoms with Crippen LogP contribution < -0.4 is 5.73 Å². The molecule has 0 aliphatic carbocycles. The Morgan fingerprint density at radius 3 is 2.65 bits per heavy atom. The largest absolute Gasteiger partial charge is 0.466 e. The highest BCUT2D eigenvalue weighted by Gasteiger charge is 2.09. The van der Waals surface area contributed by atoms with E-state index in [1.54, 1.807) is 0 Å². The topological polar surface area (TPSA) is 52.3 Å². The molecule has 20 heavy (non-hydrogen) atoms. The van der Waals surface area contributed by atoms with Gasteiger partial charge in [-0.3, -0.25) is 4.79 Å². The Morgan fingerprint density at radius 2 is 2.00 bits per heavy atom. The molecule has 0 fully saturated rings. The molecule has 1 aromatic rings. The van der Waals surface area contributed by atoms with Crippen molar-refractivity contribution in [2.24, 2.45) is 11.7 Å². The normalized spacial score (nSPS) is 12.1. The SMILES string of the molecule is CCC(CCN)CCC(=O)OCCCc1ccccc1. The van der Waals surface area contributed by atoms with Gasteiger partial charge in [-0.1, -0.05) is 43.7 Å². The second-order valence-corrected chi connectivity index (χ2v) is 5.20. The molecule has 1 atom stereocenters. The second kappa shape index (κ2) is 10.4. The summed E-state index contributed by atoms with van der Waals surface area (Å²) >= 11 is 0. The van der Waals surface area contributed by atoms with Crippen LogP contribution in [0.25, 0.3) is 0 Å². The van der Waals surface area contributed by atoms with E-state index in [1.165, 1.54) is 5.56 Å². The first kappa shape index (κ1) is 16.7. The van der Waals surface area contributed by atoms with Crippen LogP contribution in [0.5, 0.6) is 0 Å². The van der Waals surface area contributed by atoms with E-state index >= 15 is 0 Å². The minimum absolute atomic E-state index is 0.0754.